The first-order valence-electron chi connectivity index (χ1n) is 8.04. The number of hydrogen-bond donors (Lipinski definition) is 0. The maximum atomic E-state index is 12.2. The smallest absolute Gasteiger partial charge is 0.314 e. The minimum atomic E-state index is -0.262. The second-order valence-corrected chi connectivity index (χ2v) is 7.07. The van der Waals surface area contributed by atoms with Crippen LogP contribution in [-0.4, -0.2) is 24.8 Å². The van der Waals surface area contributed by atoms with Crippen molar-refractivity contribution in [2.75, 3.05) is 6.61 Å². The number of rotatable bonds is 2. The summed E-state index contributed by atoms with van der Waals surface area (Å²) < 4.78 is 11.6. The molecule has 7 unspecified atom stereocenters. The summed E-state index contributed by atoms with van der Waals surface area (Å²) in [7, 11) is 0. The lowest BCUT2D eigenvalue weighted by molar-refractivity contribution is -0.150. The summed E-state index contributed by atoms with van der Waals surface area (Å²) >= 11 is 0. The summed E-state index contributed by atoms with van der Waals surface area (Å²) in [4.78, 5) is 12.2. The molecule has 0 aromatic heterocycles. The maximum absolute atomic E-state index is 12.2. The number of carbonyl (C=O) groups excluding carboxylic acids is 1. The van der Waals surface area contributed by atoms with E-state index in [1.54, 1.807) is 0 Å². The van der Waals surface area contributed by atoms with Crippen LogP contribution < -0.4 is 0 Å². The van der Waals surface area contributed by atoms with Crippen LogP contribution >= 0.6 is 0 Å². The van der Waals surface area contributed by atoms with Gasteiger partial charge in [-0.1, -0.05) is 26.7 Å². The van der Waals surface area contributed by atoms with Crippen molar-refractivity contribution in [1.82, 2.24) is 0 Å². The van der Waals surface area contributed by atoms with Crippen LogP contribution in [0.5, 0.6) is 0 Å². The Balaban J connectivity index is 1.69. The zero-order valence-corrected chi connectivity index (χ0v) is 11.9. The second kappa shape index (κ2) is 3.97. The molecule has 3 saturated heterocycles. The largest absolute Gasteiger partial charge is 0.465 e. The molecule has 1 saturated carbocycles. The molecular weight excluding hydrogens is 240 g/mol. The van der Waals surface area contributed by atoms with Crippen molar-refractivity contribution in [3.8, 4) is 0 Å². The van der Waals surface area contributed by atoms with Crippen molar-refractivity contribution >= 4 is 5.97 Å². The highest BCUT2D eigenvalue weighted by atomic mass is 16.6. The lowest BCUT2D eigenvalue weighted by Crippen LogP contribution is -2.45. The lowest BCUT2D eigenvalue weighted by atomic mass is 9.62. The molecule has 4 fully saturated rings. The number of hydrogen-bond acceptors (Lipinski definition) is 3. The Morgan fingerprint density at radius 2 is 1.95 bits per heavy atom. The molecule has 1 spiro atoms. The van der Waals surface area contributed by atoms with Crippen LogP contribution in [0.15, 0.2) is 0 Å². The average Bonchev–Trinajstić information content (AvgIpc) is 3.12. The third-order valence-corrected chi connectivity index (χ3v) is 6.59. The van der Waals surface area contributed by atoms with Crippen molar-refractivity contribution in [3.05, 3.63) is 0 Å². The SMILES string of the molecule is CCC1CC(CC)C2C1C1CC3(CCOC3=O)C2O1. The summed E-state index contributed by atoms with van der Waals surface area (Å²) in [5.74, 6) is 2.96. The highest BCUT2D eigenvalue weighted by Gasteiger charge is 2.70. The van der Waals surface area contributed by atoms with Gasteiger partial charge in [0, 0.05) is 6.42 Å². The molecule has 3 heteroatoms. The van der Waals surface area contributed by atoms with Crippen molar-refractivity contribution in [2.45, 2.75) is 58.2 Å². The standard InChI is InChI=1S/C16H24O3/c1-3-9-7-10(4-2)13-12(9)11-8-16(14(13)19-11)5-6-18-15(16)17/h9-14H,3-8H2,1-2H3. The molecule has 19 heavy (non-hydrogen) atoms. The fraction of sp³-hybridized carbons (Fsp3) is 0.938. The van der Waals surface area contributed by atoms with Crippen molar-refractivity contribution < 1.29 is 14.3 Å². The molecule has 0 aromatic rings. The maximum Gasteiger partial charge on any atom is 0.314 e. The van der Waals surface area contributed by atoms with E-state index in [1.165, 1.54) is 19.3 Å². The molecule has 3 aliphatic heterocycles. The zero-order valence-electron chi connectivity index (χ0n) is 11.9. The van der Waals surface area contributed by atoms with Crippen LogP contribution in [0.1, 0.15) is 46.0 Å². The summed E-state index contributed by atoms with van der Waals surface area (Å²) in [6, 6.07) is 0. The number of ether oxygens (including phenoxy) is 2. The second-order valence-electron chi connectivity index (χ2n) is 7.07. The Labute approximate surface area is 115 Å². The zero-order chi connectivity index (χ0) is 13.2. The van der Waals surface area contributed by atoms with Gasteiger partial charge in [-0.2, -0.15) is 0 Å². The minimum absolute atomic E-state index is 0.0354. The Kier molecular flexibility index (Phi) is 2.55. The highest BCUT2D eigenvalue weighted by Crippen LogP contribution is 2.65. The first kappa shape index (κ1) is 12.2. The van der Waals surface area contributed by atoms with Gasteiger partial charge in [0.25, 0.3) is 0 Å². The van der Waals surface area contributed by atoms with E-state index >= 15 is 0 Å². The molecule has 0 aromatic carbocycles. The highest BCUT2D eigenvalue weighted by molar-refractivity contribution is 5.80. The summed E-state index contributed by atoms with van der Waals surface area (Å²) in [6.07, 6.45) is 6.18. The van der Waals surface area contributed by atoms with E-state index in [0.717, 1.165) is 30.6 Å². The molecule has 1 aliphatic carbocycles. The van der Waals surface area contributed by atoms with Gasteiger partial charge in [0.2, 0.25) is 0 Å². The van der Waals surface area contributed by atoms with Gasteiger partial charge < -0.3 is 9.47 Å². The molecule has 0 N–H and O–H groups in total. The Morgan fingerprint density at radius 3 is 2.58 bits per heavy atom. The molecule has 0 amide bonds. The topological polar surface area (TPSA) is 35.5 Å². The first-order chi connectivity index (χ1) is 9.21. The fourth-order valence-electron chi connectivity index (χ4n) is 5.75. The van der Waals surface area contributed by atoms with Crippen LogP contribution in [-0.2, 0) is 14.3 Å². The third kappa shape index (κ3) is 1.35. The van der Waals surface area contributed by atoms with Crippen molar-refractivity contribution in [3.63, 3.8) is 0 Å². The summed E-state index contributed by atoms with van der Waals surface area (Å²) in [6.45, 7) is 5.22. The average molecular weight is 264 g/mol. The Morgan fingerprint density at radius 1 is 1.21 bits per heavy atom. The van der Waals surface area contributed by atoms with Crippen LogP contribution in [0.3, 0.4) is 0 Å². The first-order valence-corrected chi connectivity index (χ1v) is 8.04. The molecule has 106 valence electrons. The number of fused-ring (bicyclic) bond motifs is 6. The minimum Gasteiger partial charge on any atom is -0.465 e. The fourth-order valence-corrected chi connectivity index (χ4v) is 5.75. The van der Waals surface area contributed by atoms with E-state index in [0.29, 0.717) is 18.6 Å². The van der Waals surface area contributed by atoms with E-state index in [-0.39, 0.29) is 17.5 Å². The number of esters is 1. The molecule has 3 heterocycles. The predicted molar refractivity (Wildman–Crippen MR) is 70.4 cm³/mol. The van der Waals surface area contributed by atoms with Gasteiger partial charge in [-0.05, 0) is 36.5 Å². The van der Waals surface area contributed by atoms with Gasteiger partial charge in [0.1, 0.15) is 5.41 Å². The van der Waals surface area contributed by atoms with Gasteiger partial charge in [0.15, 0.2) is 0 Å². The van der Waals surface area contributed by atoms with E-state index < -0.39 is 0 Å². The van der Waals surface area contributed by atoms with E-state index in [9.17, 15) is 4.79 Å². The Bertz CT molecular complexity index is 407. The quantitative estimate of drug-likeness (QED) is 0.719. The van der Waals surface area contributed by atoms with Gasteiger partial charge in [-0.3, -0.25) is 4.79 Å². The van der Waals surface area contributed by atoms with Gasteiger partial charge in [0.05, 0.1) is 18.8 Å². The molecule has 3 nitrogen and oxygen atoms in total. The monoisotopic (exact) mass is 264 g/mol. The number of carbonyl (C=O) groups is 1. The lowest BCUT2D eigenvalue weighted by Gasteiger charge is -2.36. The summed E-state index contributed by atoms with van der Waals surface area (Å²) in [5.41, 5.74) is -0.262. The molecule has 4 aliphatic rings. The van der Waals surface area contributed by atoms with E-state index in [2.05, 4.69) is 13.8 Å². The van der Waals surface area contributed by atoms with Crippen LogP contribution in [0.25, 0.3) is 0 Å². The molecule has 4 rings (SSSR count). The molecule has 2 bridgehead atoms. The van der Waals surface area contributed by atoms with Gasteiger partial charge >= 0.3 is 5.97 Å². The van der Waals surface area contributed by atoms with Crippen LogP contribution in [0.2, 0.25) is 0 Å². The normalized spacial score (nSPS) is 54.9. The molecule has 7 atom stereocenters. The Hall–Kier alpha value is -0.570. The van der Waals surface area contributed by atoms with Crippen LogP contribution in [0, 0.1) is 29.1 Å². The van der Waals surface area contributed by atoms with Gasteiger partial charge in [-0.15, -0.1) is 0 Å². The van der Waals surface area contributed by atoms with E-state index in [4.69, 9.17) is 9.47 Å². The predicted octanol–water partition coefficient (Wildman–Crippen LogP) is 2.78. The number of cyclic esters (lactones) is 1. The van der Waals surface area contributed by atoms with Crippen molar-refractivity contribution in [2.24, 2.45) is 29.1 Å². The van der Waals surface area contributed by atoms with E-state index in [1.807, 2.05) is 0 Å². The third-order valence-electron chi connectivity index (χ3n) is 6.59. The molecular formula is C16H24O3. The summed E-state index contributed by atoms with van der Waals surface area (Å²) in [5, 5.41) is 0. The molecule has 0 radical (unpaired) electrons. The van der Waals surface area contributed by atoms with Crippen LogP contribution in [0.4, 0.5) is 0 Å². The van der Waals surface area contributed by atoms with Crippen molar-refractivity contribution in [1.29, 1.82) is 0 Å². The van der Waals surface area contributed by atoms with Gasteiger partial charge in [-0.25, -0.2) is 0 Å².